The number of hydrogen-bond donors (Lipinski definition) is 0. The minimum atomic E-state index is -4.51. The van der Waals surface area contributed by atoms with Gasteiger partial charge in [0, 0.05) is 18.8 Å². The summed E-state index contributed by atoms with van der Waals surface area (Å²) in [6, 6.07) is 5.35. The molecule has 1 heterocycles. The van der Waals surface area contributed by atoms with Gasteiger partial charge in [-0.3, -0.25) is 0 Å². The van der Waals surface area contributed by atoms with Crippen LogP contribution >= 0.6 is 0 Å². The number of hydrogen-bond acceptors (Lipinski definition) is 3. The summed E-state index contributed by atoms with van der Waals surface area (Å²) < 4.78 is 44.1. The van der Waals surface area contributed by atoms with Crippen molar-refractivity contribution in [2.24, 2.45) is 0 Å². The molecule has 1 unspecified atom stereocenters. The van der Waals surface area contributed by atoms with Crippen molar-refractivity contribution < 1.29 is 17.9 Å². The van der Waals surface area contributed by atoms with Gasteiger partial charge in [-0.1, -0.05) is 6.92 Å². The summed E-state index contributed by atoms with van der Waals surface area (Å²) in [6.07, 6.45) is -3.69. The highest BCUT2D eigenvalue weighted by molar-refractivity contribution is 5.55. The molecule has 0 bridgehead atoms. The molecule has 0 saturated carbocycles. The number of morpholine rings is 1. The molecular formula is C15H17F3N2O. The van der Waals surface area contributed by atoms with Gasteiger partial charge in [-0.2, -0.15) is 18.4 Å². The molecule has 1 saturated heterocycles. The van der Waals surface area contributed by atoms with E-state index in [9.17, 15) is 13.2 Å². The minimum absolute atomic E-state index is 0.312. The fourth-order valence-corrected chi connectivity index (χ4v) is 2.43. The number of benzene rings is 1. The van der Waals surface area contributed by atoms with Crippen LogP contribution in [0.15, 0.2) is 18.2 Å². The van der Waals surface area contributed by atoms with E-state index in [1.54, 1.807) is 6.07 Å². The molecular weight excluding hydrogens is 281 g/mol. The lowest BCUT2D eigenvalue weighted by molar-refractivity contribution is -0.137. The van der Waals surface area contributed by atoms with Crippen LogP contribution in [-0.4, -0.2) is 25.3 Å². The Labute approximate surface area is 121 Å². The Kier molecular flexibility index (Phi) is 4.15. The predicted octanol–water partition coefficient (Wildman–Crippen LogP) is 3.58. The Morgan fingerprint density at radius 3 is 2.71 bits per heavy atom. The van der Waals surface area contributed by atoms with Gasteiger partial charge in [0.15, 0.2) is 0 Å². The molecule has 0 aromatic heterocycles. The first-order chi connectivity index (χ1) is 9.79. The zero-order chi connectivity index (χ0) is 15.7. The third-order valence-electron chi connectivity index (χ3n) is 3.88. The molecule has 2 rings (SSSR count). The van der Waals surface area contributed by atoms with Crippen molar-refractivity contribution in [3.63, 3.8) is 0 Å². The Hall–Kier alpha value is -1.74. The molecule has 114 valence electrons. The summed E-state index contributed by atoms with van der Waals surface area (Å²) in [5.41, 5.74) is -0.916. The van der Waals surface area contributed by atoms with Crippen LogP contribution in [0.2, 0.25) is 0 Å². The Morgan fingerprint density at radius 1 is 1.43 bits per heavy atom. The van der Waals surface area contributed by atoms with Crippen LogP contribution in [0.5, 0.6) is 0 Å². The lowest BCUT2D eigenvalue weighted by Crippen LogP contribution is -2.49. The summed E-state index contributed by atoms with van der Waals surface area (Å²) in [4.78, 5) is 1.97. The van der Waals surface area contributed by atoms with E-state index in [0.717, 1.165) is 12.5 Å². The second-order valence-corrected chi connectivity index (χ2v) is 5.41. The molecule has 1 fully saturated rings. The van der Waals surface area contributed by atoms with Gasteiger partial charge >= 0.3 is 6.18 Å². The number of nitriles is 1. The van der Waals surface area contributed by atoms with Gasteiger partial charge in [0.25, 0.3) is 0 Å². The van der Waals surface area contributed by atoms with E-state index in [1.807, 2.05) is 18.7 Å². The average molecular weight is 298 g/mol. The second kappa shape index (κ2) is 5.57. The topological polar surface area (TPSA) is 36.3 Å². The smallest absolute Gasteiger partial charge is 0.372 e. The van der Waals surface area contributed by atoms with Crippen LogP contribution in [-0.2, 0) is 10.9 Å². The lowest BCUT2D eigenvalue weighted by atomic mass is 9.99. The van der Waals surface area contributed by atoms with Crippen LogP contribution in [0.25, 0.3) is 0 Å². The Bertz CT molecular complexity index is 565. The largest absolute Gasteiger partial charge is 0.417 e. The van der Waals surface area contributed by atoms with E-state index < -0.39 is 11.7 Å². The number of rotatable bonds is 2. The van der Waals surface area contributed by atoms with E-state index in [2.05, 4.69) is 0 Å². The molecule has 0 spiro atoms. The number of halogens is 3. The molecule has 0 N–H and O–H groups in total. The van der Waals surface area contributed by atoms with Crippen molar-refractivity contribution in [3.05, 3.63) is 29.3 Å². The zero-order valence-electron chi connectivity index (χ0n) is 12.0. The van der Waals surface area contributed by atoms with Crippen molar-refractivity contribution in [3.8, 4) is 6.07 Å². The summed E-state index contributed by atoms with van der Waals surface area (Å²) in [7, 11) is 0. The third-order valence-corrected chi connectivity index (χ3v) is 3.88. The predicted molar refractivity (Wildman–Crippen MR) is 73.0 cm³/mol. The van der Waals surface area contributed by atoms with Crippen molar-refractivity contribution in [2.45, 2.75) is 32.0 Å². The first-order valence-electron chi connectivity index (χ1n) is 6.79. The fourth-order valence-electron chi connectivity index (χ4n) is 2.43. The van der Waals surface area contributed by atoms with Crippen molar-refractivity contribution in [1.82, 2.24) is 0 Å². The van der Waals surface area contributed by atoms with Crippen molar-refractivity contribution in [1.29, 1.82) is 5.26 Å². The maximum Gasteiger partial charge on any atom is 0.417 e. The van der Waals surface area contributed by atoms with Crippen LogP contribution < -0.4 is 4.90 Å². The van der Waals surface area contributed by atoms with Gasteiger partial charge in [-0.25, -0.2) is 0 Å². The van der Waals surface area contributed by atoms with Crippen molar-refractivity contribution >= 4 is 5.69 Å². The Morgan fingerprint density at radius 2 is 2.14 bits per heavy atom. The van der Waals surface area contributed by atoms with Gasteiger partial charge in [-0.15, -0.1) is 0 Å². The van der Waals surface area contributed by atoms with Gasteiger partial charge in [0.2, 0.25) is 0 Å². The quantitative estimate of drug-likeness (QED) is 0.837. The Balaban J connectivity index is 2.32. The van der Waals surface area contributed by atoms with Gasteiger partial charge in [0.1, 0.15) is 0 Å². The monoisotopic (exact) mass is 298 g/mol. The molecule has 0 aliphatic carbocycles. The highest BCUT2D eigenvalue weighted by Gasteiger charge is 2.35. The van der Waals surface area contributed by atoms with E-state index in [1.165, 1.54) is 12.1 Å². The number of alkyl halides is 3. The molecule has 21 heavy (non-hydrogen) atoms. The molecule has 6 heteroatoms. The lowest BCUT2D eigenvalue weighted by Gasteiger charge is -2.41. The summed E-state index contributed by atoms with van der Waals surface area (Å²) in [5, 5.41) is 8.96. The first-order valence-corrected chi connectivity index (χ1v) is 6.79. The van der Waals surface area contributed by atoms with Crippen LogP contribution in [0, 0.1) is 11.3 Å². The van der Waals surface area contributed by atoms with Gasteiger partial charge in [-0.05, 0) is 31.5 Å². The molecule has 1 aromatic carbocycles. The highest BCUT2D eigenvalue weighted by Crippen LogP contribution is 2.34. The molecule has 1 aliphatic rings. The van der Waals surface area contributed by atoms with Gasteiger partial charge < -0.3 is 9.64 Å². The van der Waals surface area contributed by atoms with Crippen LogP contribution in [0.4, 0.5) is 18.9 Å². The van der Waals surface area contributed by atoms with E-state index in [4.69, 9.17) is 10.00 Å². The van der Waals surface area contributed by atoms with Crippen LogP contribution in [0.3, 0.4) is 0 Å². The average Bonchev–Trinajstić information content (AvgIpc) is 2.45. The molecule has 0 radical (unpaired) electrons. The second-order valence-electron chi connectivity index (χ2n) is 5.41. The summed E-state index contributed by atoms with van der Waals surface area (Å²) >= 11 is 0. The van der Waals surface area contributed by atoms with E-state index in [-0.39, 0.29) is 11.2 Å². The maximum atomic E-state index is 12.8. The molecule has 3 nitrogen and oxygen atoms in total. The third kappa shape index (κ3) is 3.30. The SMILES string of the molecule is CCC1(C)CN(c2ccc(C(F)(F)F)c(C#N)c2)CCO1. The minimum Gasteiger partial charge on any atom is -0.372 e. The molecule has 1 atom stereocenters. The number of nitrogens with zero attached hydrogens (tertiary/aromatic N) is 2. The summed E-state index contributed by atoms with van der Waals surface area (Å²) in [6.45, 7) is 5.71. The molecule has 1 aliphatic heterocycles. The normalized spacial score (nSPS) is 23.0. The standard InChI is InChI=1S/C15H17F3N2O/c1-3-14(2)10-20(6-7-21-14)12-4-5-13(15(16,17)18)11(8-12)9-19/h4-5,8H,3,6-7,10H2,1-2H3. The summed E-state index contributed by atoms with van der Waals surface area (Å²) in [5.74, 6) is 0. The van der Waals surface area contributed by atoms with Gasteiger partial charge in [0.05, 0.1) is 29.4 Å². The van der Waals surface area contributed by atoms with Crippen molar-refractivity contribution in [2.75, 3.05) is 24.6 Å². The fraction of sp³-hybridized carbons (Fsp3) is 0.533. The number of ether oxygens (including phenoxy) is 1. The molecule has 1 aromatic rings. The molecule has 0 amide bonds. The highest BCUT2D eigenvalue weighted by atomic mass is 19.4. The van der Waals surface area contributed by atoms with E-state index in [0.29, 0.717) is 25.4 Å². The maximum absolute atomic E-state index is 12.8. The van der Waals surface area contributed by atoms with Crippen LogP contribution in [0.1, 0.15) is 31.4 Å². The first kappa shape index (κ1) is 15.6. The number of anilines is 1. The van der Waals surface area contributed by atoms with E-state index >= 15 is 0 Å². The zero-order valence-corrected chi connectivity index (χ0v) is 12.0.